The molecular weight excluding hydrogens is 478 g/mol. The van der Waals surface area contributed by atoms with Gasteiger partial charge in [-0.3, -0.25) is 24.6 Å². The molecule has 38 heavy (non-hydrogen) atoms. The van der Waals surface area contributed by atoms with E-state index < -0.39 is 0 Å². The number of piperidine rings is 2. The SMILES string of the molecule is CN(Cc1c(C=O)cccc1CCCCCN1CCC2(CC1)COc1ccccc12)C1CCC(=O)NC1=O. The molecule has 0 aromatic heterocycles. The normalized spacial score (nSPS) is 20.8. The summed E-state index contributed by atoms with van der Waals surface area (Å²) in [6.45, 7) is 4.70. The zero-order valence-electron chi connectivity index (χ0n) is 22.4. The number of benzene rings is 2. The fraction of sp³-hybridized carbons (Fsp3) is 0.516. The highest BCUT2D eigenvalue weighted by Gasteiger charge is 2.42. The Kier molecular flexibility index (Phi) is 8.24. The van der Waals surface area contributed by atoms with Crippen LogP contribution >= 0.6 is 0 Å². The Bertz CT molecular complexity index is 1170. The van der Waals surface area contributed by atoms with E-state index >= 15 is 0 Å². The lowest BCUT2D eigenvalue weighted by atomic mass is 9.74. The maximum atomic E-state index is 12.3. The molecule has 2 aromatic carbocycles. The number of fused-ring (bicyclic) bond motifs is 2. The van der Waals surface area contributed by atoms with Gasteiger partial charge in [0.2, 0.25) is 11.8 Å². The number of para-hydroxylation sites is 1. The summed E-state index contributed by atoms with van der Waals surface area (Å²) in [5, 5.41) is 2.43. The van der Waals surface area contributed by atoms with E-state index in [0.717, 1.165) is 75.9 Å². The maximum Gasteiger partial charge on any atom is 0.243 e. The van der Waals surface area contributed by atoms with Crippen LogP contribution in [0.1, 0.15) is 72.0 Å². The van der Waals surface area contributed by atoms with Gasteiger partial charge in [0.05, 0.1) is 12.6 Å². The van der Waals surface area contributed by atoms with Crippen molar-refractivity contribution >= 4 is 18.1 Å². The summed E-state index contributed by atoms with van der Waals surface area (Å²) in [6, 6.07) is 14.1. The number of carbonyl (C=O) groups is 3. The number of rotatable bonds is 10. The van der Waals surface area contributed by atoms with Crippen LogP contribution in [0.4, 0.5) is 0 Å². The van der Waals surface area contributed by atoms with E-state index in [1.807, 2.05) is 24.1 Å². The van der Waals surface area contributed by atoms with Crippen molar-refractivity contribution in [1.29, 1.82) is 0 Å². The summed E-state index contributed by atoms with van der Waals surface area (Å²) in [7, 11) is 1.89. The average molecular weight is 518 g/mol. The standard InChI is InChI=1S/C31H39N3O4/c1-33(27-13-14-29(36)32-30(27)37)20-25-23(9-7-10-24(25)21-35)8-3-2-6-17-34-18-15-31(16-19-34)22-38-28-12-5-4-11-26(28)31/h4-5,7,9-12,21,27H,2-3,6,8,13-20,22H2,1H3,(H,32,36,37). The first-order chi connectivity index (χ1) is 18.5. The molecule has 3 heterocycles. The minimum atomic E-state index is -0.354. The molecular formula is C31H39N3O4. The van der Waals surface area contributed by atoms with Crippen molar-refractivity contribution in [3.8, 4) is 5.75 Å². The second-order valence-electron chi connectivity index (χ2n) is 11.2. The van der Waals surface area contributed by atoms with Crippen molar-refractivity contribution in [2.45, 2.75) is 69.4 Å². The zero-order chi connectivity index (χ0) is 26.5. The topological polar surface area (TPSA) is 79.0 Å². The highest BCUT2D eigenvalue weighted by molar-refractivity contribution is 6.00. The molecule has 2 fully saturated rings. The number of hydrogen-bond acceptors (Lipinski definition) is 6. The van der Waals surface area contributed by atoms with Crippen molar-refractivity contribution in [2.75, 3.05) is 33.3 Å². The van der Waals surface area contributed by atoms with Gasteiger partial charge >= 0.3 is 0 Å². The summed E-state index contributed by atoms with van der Waals surface area (Å²) in [5.41, 5.74) is 4.45. The van der Waals surface area contributed by atoms with Crippen LogP contribution in [0.3, 0.4) is 0 Å². The lowest BCUT2D eigenvalue weighted by Gasteiger charge is -2.38. The highest BCUT2D eigenvalue weighted by Crippen LogP contribution is 2.45. The van der Waals surface area contributed by atoms with Crippen LogP contribution in [-0.4, -0.2) is 67.2 Å². The van der Waals surface area contributed by atoms with Gasteiger partial charge in [-0.2, -0.15) is 0 Å². The van der Waals surface area contributed by atoms with Gasteiger partial charge in [0.1, 0.15) is 12.0 Å². The second-order valence-corrected chi connectivity index (χ2v) is 11.2. The molecule has 2 amide bonds. The van der Waals surface area contributed by atoms with E-state index in [9.17, 15) is 14.4 Å². The van der Waals surface area contributed by atoms with Gasteiger partial charge in [0.25, 0.3) is 0 Å². The fourth-order valence-corrected chi connectivity index (χ4v) is 6.42. The molecule has 2 aromatic rings. The molecule has 0 bridgehead atoms. The number of hydrogen-bond donors (Lipinski definition) is 1. The van der Waals surface area contributed by atoms with Gasteiger partial charge in [-0.15, -0.1) is 0 Å². The number of likely N-dealkylation sites (tertiary alicyclic amines) is 1. The summed E-state index contributed by atoms with van der Waals surface area (Å²) in [4.78, 5) is 40.2. The van der Waals surface area contributed by atoms with Crippen LogP contribution in [0.5, 0.6) is 5.75 Å². The number of nitrogens with one attached hydrogen (secondary N) is 1. The Hall–Kier alpha value is -3.03. The molecule has 1 unspecified atom stereocenters. The summed E-state index contributed by atoms with van der Waals surface area (Å²) >= 11 is 0. The number of ether oxygens (including phenoxy) is 1. The maximum absolute atomic E-state index is 12.3. The van der Waals surface area contributed by atoms with Crippen LogP contribution in [0.2, 0.25) is 0 Å². The Labute approximate surface area is 225 Å². The van der Waals surface area contributed by atoms with Gasteiger partial charge in [-0.1, -0.05) is 42.8 Å². The number of aryl methyl sites for hydroxylation is 1. The van der Waals surface area contributed by atoms with Crippen LogP contribution in [0.15, 0.2) is 42.5 Å². The third-order valence-electron chi connectivity index (χ3n) is 8.78. The molecule has 7 nitrogen and oxygen atoms in total. The first-order valence-corrected chi connectivity index (χ1v) is 14.0. The third-order valence-corrected chi connectivity index (χ3v) is 8.78. The molecule has 2 saturated heterocycles. The molecule has 5 rings (SSSR count). The van der Waals surface area contributed by atoms with E-state index in [1.54, 1.807) is 0 Å². The molecule has 1 atom stereocenters. The Balaban J connectivity index is 1.09. The van der Waals surface area contributed by atoms with Crippen LogP contribution < -0.4 is 10.1 Å². The monoisotopic (exact) mass is 517 g/mol. The van der Waals surface area contributed by atoms with Crippen molar-refractivity contribution < 1.29 is 19.1 Å². The minimum absolute atomic E-state index is 0.202. The third kappa shape index (κ3) is 5.69. The Morgan fingerprint density at radius 2 is 1.89 bits per heavy atom. The molecule has 0 aliphatic carbocycles. The van der Waals surface area contributed by atoms with Crippen LogP contribution in [0.25, 0.3) is 0 Å². The van der Waals surface area contributed by atoms with Crippen molar-refractivity contribution in [3.63, 3.8) is 0 Å². The molecule has 1 N–H and O–H groups in total. The van der Waals surface area contributed by atoms with Gasteiger partial charge in [0.15, 0.2) is 0 Å². The highest BCUT2D eigenvalue weighted by atomic mass is 16.5. The molecule has 202 valence electrons. The quantitative estimate of drug-likeness (QED) is 0.293. The molecule has 3 aliphatic rings. The number of amides is 2. The second kappa shape index (κ2) is 11.8. The number of unbranched alkanes of at least 4 members (excludes halogenated alkanes) is 2. The first kappa shape index (κ1) is 26.6. The number of aldehydes is 1. The van der Waals surface area contributed by atoms with Crippen LogP contribution in [-0.2, 0) is 28.0 Å². The molecule has 7 heteroatoms. The van der Waals surface area contributed by atoms with E-state index in [1.165, 1.54) is 17.5 Å². The lowest BCUT2D eigenvalue weighted by Crippen LogP contribution is -2.51. The van der Waals surface area contributed by atoms with Crippen molar-refractivity contribution in [2.24, 2.45) is 0 Å². The largest absolute Gasteiger partial charge is 0.492 e. The molecule has 0 saturated carbocycles. The van der Waals surface area contributed by atoms with Crippen molar-refractivity contribution in [1.82, 2.24) is 15.1 Å². The number of likely N-dealkylation sites (N-methyl/N-ethyl adjacent to an activating group) is 1. The van der Waals surface area contributed by atoms with E-state index in [4.69, 9.17) is 4.74 Å². The van der Waals surface area contributed by atoms with E-state index in [0.29, 0.717) is 24.9 Å². The van der Waals surface area contributed by atoms with E-state index in [2.05, 4.69) is 40.5 Å². The predicted octanol–water partition coefficient (Wildman–Crippen LogP) is 3.88. The lowest BCUT2D eigenvalue weighted by molar-refractivity contribution is -0.137. The Morgan fingerprint density at radius 3 is 2.68 bits per heavy atom. The summed E-state index contributed by atoms with van der Waals surface area (Å²) in [6.07, 6.45) is 8.38. The minimum Gasteiger partial charge on any atom is -0.492 e. The molecule has 3 aliphatic heterocycles. The molecule has 0 radical (unpaired) electrons. The van der Waals surface area contributed by atoms with Gasteiger partial charge in [-0.05, 0) is 82.4 Å². The van der Waals surface area contributed by atoms with Gasteiger partial charge < -0.3 is 9.64 Å². The number of nitrogens with zero attached hydrogens (tertiary/aromatic N) is 2. The van der Waals surface area contributed by atoms with Gasteiger partial charge in [0, 0.05) is 29.5 Å². The number of carbonyl (C=O) groups excluding carboxylic acids is 3. The summed E-state index contributed by atoms with van der Waals surface area (Å²) in [5.74, 6) is 0.611. The average Bonchev–Trinajstić information content (AvgIpc) is 3.28. The first-order valence-electron chi connectivity index (χ1n) is 14.0. The van der Waals surface area contributed by atoms with Gasteiger partial charge in [-0.25, -0.2) is 0 Å². The molecule has 1 spiro atoms. The zero-order valence-corrected chi connectivity index (χ0v) is 22.4. The van der Waals surface area contributed by atoms with Crippen molar-refractivity contribution in [3.05, 3.63) is 64.7 Å². The fourth-order valence-electron chi connectivity index (χ4n) is 6.42. The smallest absolute Gasteiger partial charge is 0.243 e. The van der Waals surface area contributed by atoms with Crippen LogP contribution in [0, 0.1) is 0 Å². The number of imide groups is 1. The van der Waals surface area contributed by atoms with E-state index in [-0.39, 0.29) is 23.3 Å². The summed E-state index contributed by atoms with van der Waals surface area (Å²) < 4.78 is 6.00. The Morgan fingerprint density at radius 1 is 1.08 bits per heavy atom. The predicted molar refractivity (Wildman–Crippen MR) is 146 cm³/mol.